The Balaban J connectivity index is 2.42. The number of nitrogens with zero attached hydrogens (tertiary/aromatic N) is 1. The van der Waals surface area contributed by atoms with Crippen LogP contribution in [0.15, 0.2) is 41.4 Å². The van der Waals surface area contributed by atoms with Gasteiger partial charge in [-0.1, -0.05) is 17.7 Å². The molecule has 0 fully saturated rings. The first-order valence-electron chi connectivity index (χ1n) is 5.78. The van der Waals surface area contributed by atoms with Crippen molar-refractivity contribution >= 4 is 33.4 Å². The number of hydrogen-bond donors (Lipinski definition) is 2. The number of carboxylic acids is 1. The fraction of sp³-hybridized carbons (Fsp3) is 0.0769. The molecule has 0 spiro atoms. The van der Waals surface area contributed by atoms with Crippen LogP contribution in [0.25, 0.3) is 0 Å². The first-order chi connectivity index (χ1) is 9.81. The Hall–Kier alpha value is -2.12. The molecule has 0 amide bonds. The van der Waals surface area contributed by atoms with Crippen molar-refractivity contribution in [3.8, 4) is 0 Å². The Kier molecular flexibility index (Phi) is 4.15. The van der Waals surface area contributed by atoms with Crippen LogP contribution in [0.4, 0.5) is 5.82 Å². The number of anilines is 1. The lowest BCUT2D eigenvalue weighted by Gasteiger charge is -2.11. The van der Waals surface area contributed by atoms with E-state index in [2.05, 4.69) is 9.71 Å². The number of aromatic nitrogens is 1. The van der Waals surface area contributed by atoms with E-state index in [0.717, 1.165) is 0 Å². The molecule has 2 aromatic rings. The van der Waals surface area contributed by atoms with Crippen LogP contribution in [-0.4, -0.2) is 24.5 Å². The minimum Gasteiger partial charge on any atom is -0.478 e. The van der Waals surface area contributed by atoms with Crippen molar-refractivity contribution in [3.05, 3.63) is 52.7 Å². The Morgan fingerprint density at radius 3 is 2.57 bits per heavy atom. The van der Waals surface area contributed by atoms with Gasteiger partial charge in [0.1, 0.15) is 5.82 Å². The second kappa shape index (κ2) is 5.71. The molecule has 8 heteroatoms. The molecule has 0 atom stereocenters. The number of sulfonamides is 1. The first-order valence-corrected chi connectivity index (χ1v) is 7.64. The zero-order valence-corrected chi connectivity index (χ0v) is 12.4. The molecule has 110 valence electrons. The van der Waals surface area contributed by atoms with Gasteiger partial charge in [0.25, 0.3) is 10.0 Å². The standard InChI is InChI=1S/C13H11ClN2O4S/c1-8-10(13(17)18)3-2-4-11(8)21(19,20)16-12-6-5-9(14)7-15-12/h2-7H,1H3,(H,15,16)(H,17,18). The second-order valence-corrected chi connectivity index (χ2v) is 6.29. The van der Waals surface area contributed by atoms with Gasteiger partial charge in [0.15, 0.2) is 0 Å². The largest absolute Gasteiger partial charge is 0.478 e. The van der Waals surface area contributed by atoms with Gasteiger partial charge in [-0.2, -0.15) is 0 Å². The summed E-state index contributed by atoms with van der Waals surface area (Å²) in [6.45, 7) is 1.44. The van der Waals surface area contributed by atoms with Gasteiger partial charge in [-0.25, -0.2) is 18.2 Å². The molecular weight excluding hydrogens is 316 g/mol. The van der Waals surface area contributed by atoms with Crippen LogP contribution < -0.4 is 4.72 Å². The Bertz CT molecular complexity index is 788. The molecule has 6 nitrogen and oxygen atoms in total. The normalized spacial score (nSPS) is 11.1. The average Bonchev–Trinajstić information content (AvgIpc) is 2.41. The topological polar surface area (TPSA) is 96.4 Å². The molecule has 0 saturated heterocycles. The lowest BCUT2D eigenvalue weighted by atomic mass is 10.1. The maximum atomic E-state index is 12.3. The Morgan fingerprint density at radius 1 is 1.29 bits per heavy atom. The predicted molar refractivity (Wildman–Crippen MR) is 78.2 cm³/mol. The minimum atomic E-state index is -3.93. The number of carbonyl (C=O) groups is 1. The fourth-order valence-electron chi connectivity index (χ4n) is 1.77. The molecule has 0 aliphatic carbocycles. The van der Waals surface area contributed by atoms with Crippen LogP contribution in [0.3, 0.4) is 0 Å². The van der Waals surface area contributed by atoms with E-state index < -0.39 is 16.0 Å². The monoisotopic (exact) mass is 326 g/mol. The summed E-state index contributed by atoms with van der Waals surface area (Å²) in [5.74, 6) is -1.09. The molecule has 2 N–H and O–H groups in total. The van der Waals surface area contributed by atoms with Crippen molar-refractivity contribution in [2.24, 2.45) is 0 Å². The Morgan fingerprint density at radius 2 is 2.00 bits per heavy atom. The van der Waals surface area contributed by atoms with E-state index in [1.54, 1.807) is 0 Å². The zero-order chi connectivity index (χ0) is 15.6. The number of carboxylic acid groups (broad SMARTS) is 1. The predicted octanol–water partition coefficient (Wildman–Crippen LogP) is 2.54. The maximum Gasteiger partial charge on any atom is 0.335 e. The maximum absolute atomic E-state index is 12.3. The summed E-state index contributed by atoms with van der Waals surface area (Å²) < 4.78 is 26.9. The van der Waals surface area contributed by atoms with Crippen molar-refractivity contribution in [2.75, 3.05) is 4.72 Å². The smallest absolute Gasteiger partial charge is 0.335 e. The summed E-state index contributed by atoms with van der Waals surface area (Å²) in [6.07, 6.45) is 1.31. The number of aromatic carboxylic acids is 1. The molecular formula is C13H11ClN2O4S. The molecule has 21 heavy (non-hydrogen) atoms. The summed E-state index contributed by atoms with van der Waals surface area (Å²) in [5.41, 5.74) is 0.0911. The van der Waals surface area contributed by atoms with Crippen LogP contribution in [0, 0.1) is 6.92 Å². The summed E-state index contributed by atoms with van der Waals surface area (Å²) >= 11 is 5.68. The van der Waals surface area contributed by atoms with Crippen LogP contribution in [-0.2, 0) is 10.0 Å². The average molecular weight is 327 g/mol. The summed E-state index contributed by atoms with van der Waals surface area (Å²) in [7, 11) is -3.93. The number of pyridine rings is 1. The van der Waals surface area contributed by atoms with Gasteiger partial charge in [0, 0.05) is 6.20 Å². The molecule has 1 aromatic carbocycles. The number of hydrogen-bond acceptors (Lipinski definition) is 4. The van der Waals surface area contributed by atoms with E-state index in [9.17, 15) is 13.2 Å². The number of nitrogens with one attached hydrogen (secondary N) is 1. The van der Waals surface area contributed by atoms with Crippen LogP contribution in [0.1, 0.15) is 15.9 Å². The van der Waals surface area contributed by atoms with Crippen molar-refractivity contribution in [1.29, 1.82) is 0 Å². The van der Waals surface area contributed by atoms with Gasteiger partial charge in [-0.3, -0.25) is 4.72 Å². The lowest BCUT2D eigenvalue weighted by molar-refractivity contribution is 0.0696. The van der Waals surface area contributed by atoms with E-state index in [4.69, 9.17) is 16.7 Å². The van der Waals surface area contributed by atoms with E-state index >= 15 is 0 Å². The molecule has 0 unspecified atom stereocenters. The van der Waals surface area contributed by atoms with Crippen LogP contribution >= 0.6 is 11.6 Å². The van der Waals surface area contributed by atoms with Crippen LogP contribution in [0.2, 0.25) is 5.02 Å². The van der Waals surface area contributed by atoms with Crippen molar-refractivity contribution in [2.45, 2.75) is 11.8 Å². The molecule has 0 saturated carbocycles. The molecule has 0 radical (unpaired) electrons. The highest BCUT2D eigenvalue weighted by molar-refractivity contribution is 7.92. The highest BCUT2D eigenvalue weighted by atomic mass is 35.5. The zero-order valence-electron chi connectivity index (χ0n) is 10.9. The van der Waals surface area contributed by atoms with Crippen molar-refractivity contribution < 1.29 is 18.3 Å². The van der Waals surface area contributed by atoms with Crippen molar-refractivity contribution in [1.82, 2.24) is 4.98 Å². The Labute approximate surface area is 126 Å². The lowest BCUT2D eigenvalue weighted by Crippen LogP contribution is -2.16. The second-order valence-electron chi connectivity index (χ2n) is 4.20. The third kappa shape index (κ3) is 3.32. The molecule has 2 rings (SSSR count). The van der Waals surface area contributed by atoms with Gasteiger partial charge in [0.05, 0.1) is 15.5 Å². The van der Waals surface area contributed by atoms with Gasteiger partial charge in [-0.15, -0.1) is 0 Å². The molecule has 1 heterocycles. The quantitative estimate of drug-likeness (QED) is 0.900. The van der Waals surface area contributed by atoms with E-state index in [1.165, 1.54) is 43.5 Å². The van der Waals surface area contributed by atoms with E-state index in [1.807, 2.05) is 0 Å². The minimum absolute atomic E-state index is 0.0676. The van der Waals surface area contributed by atoms with Crippen LogP contribution in [0.5, 0.6) is 0 Å². The molecule has 1 aromatic heterocycles. The van der Waals surface area contributed by atoms with E-state index in [0.29, 0.717) is 5.02 Å². The summed E-state index contributed by atoms with van der Waals surface area (Å²) in [5, 5.41) is 9.41. The fourth-order valence-corrected chi connectivity index (χ4v) is 3.15. The van der Waals surface area contributed by atoms with Gasteiger partial charge >= 0.3 is 5.97 Å². The summed E-state index contributed by atoms with van der Waals surface area (Å²) in [4.78, 5) is 14.8. The number of rotatable bonds is 4. The first kappa shape index (κ1) is 15.3. The third-order valence-electron chi connectivity index (χ3n) is 2.77. The SMILES string of the molecule is Cc1c(C(=O)O)cccc1S(=O)(=O)Nc1ccc(Cl)cn1. The highest BCUT2D eigenvalue weighted by Crippen LogP contribution is 2.21. The molecule has 0 aliphatic heterocycles. The summed E-state index contributed by atoms with van der Waals surface area (Å²) in [6, 6.07) is 6.96. The van der Waals surface area contributed by atoms with Crippen molar-refractivity contribution in [3.63, 3.8) is 0 Å². The third-order valence-corrected chi connectivity index (χ3v) is 4.49. The van der Waals surface area contributed by atoms with Gasteiger partial charge in [-0.05, 0) is 36.8 Å². The van der Waals surface area contributed by atoms with Gasteiger partial charge < -0.3 is 5.11 Å². The highest BCUT2D eigenvalue weighted by Gasteiger charge is 2.21. The van der Waals surface area contributed by atoms with E-state index in [-0.39, 0.29) is 21.8 Å². The number of halogens is 1. The molecule has 0 aliphatic rings. The molecule has 0 bridgehead atoms. The number of benzene rings is 1. The van der Waals surface area contributed by atoms with Gasteiger partial charge in [0.2, 0.25) is 0 Å².